The highest BCUT2D eigenvalue weighted by atomic mass is 16.5. The van der Waals surface area contributed by atoms with Crippen molar-refractivity contribution in [3.63, 3.8) is 0 Å². The van der Waals surface area contributed by atoms with Crippen molar-refractivity contribution < 1.29 is 14.3 Å². The first kappa shape index (κ1) is 16.4. The summed E-state index contributed by atoms with van der Waals surface area (Å²) in [6, 6.07) is 7.64. The first-order valence-electron chi connectivity index (χ1n) is 9.18. The van der Waals surface area contributed by atoms with Crippen LogP contribution in [0.4, 0.5) is 5.69 Å². The standard InChI is InChI=1S/C19H25N3O3/c20-17-8-3-13-10-21(11-16(13)17)19(24)12-25-15-6-4-14(5-7-15)22-9-1-2-18(22)23/h4-7,13,16-17H,1-3,8-12,20H2. The normalized spacial score (nSPS) is 28.5. The van der Waals surface area contributed by atoms with E-state index in [1.165, 1.54) is 0 Å². The van der Waals surface area contributed by atoms with Gasteiger partial charge in [-0.05, 0) is 55.4 Å². The molecule has 134 valence electrons. The van der Waals surface area contributed by atoms with Crippen molar-refractivity contribution in [2.24, 2.45) is 17.6 Å². The Morgan fingerprint density at radius 1 is 1.20 bits per heavy atom. The minimum atomic E-state index is 0.0281. The van der Waals surface area contributed by atoms with Gasteiger partial charge in [-0.3, -0.25) is 9.59 Å². The van der Waals surface area contributed by atoms with Gasteiger partial charge in [0, 0.05) is 37.8 Å². The molecule has 0 radical (unpaired) electrons. The zero-order chi connectivity index (χ0) is 17.4. The Labute approximate surface area is 147 Å². The summed E-state index contributed by atoms with van der Waals surface area (Å²) >= 11 is 0. The number of amides is 2. The summed E-state index contributed by atoms with van der Waals surface area (Å²) in [5.74, 6) is 1.87. The number of carbonyl (C=O) groups is 2. The van der Waals surface area contributed by atoms with Gasteiger partial charge in [-0.15, -0.1) is 0 Å². The first-order valence-corrected chi connectivity index (χ1v) is 9.18. The largest absolute Gasteiger partial charge is 0.484 e. The first-order chi connectivity index (χ1) is 12.1. The van der Waals surface area contributed by atoms with Crippen molar-refractivity contribution in [3.8, 4) is 5.75 Å². The van der Waals surface area contributed by atoms with E-state index in [1.54, 1.807) is 4.90 Å². The van der Waals surface area contributed by atoms with Crippen molar-refractivity contribution in [2.75, 3.05) is 31.1 Å². The summed E-state index contributed by atoms with van der Waals surface area (Å²) in [5.41, 5.74) is 7.02. The maximum Gasteiger partial charge on any atom is 0.260 e. The van der Waals surface area contributed by atoms with Crippen molar-refractivity contribution in [2.45, 2.75) is 31.7 Å². The molecule has 2 heterocycles. The van der Waals surface area contributed by atoms with Crippen LogP contribution in [0.2, 0.25) is 0 Å². The third kappa shape index (κ3) is 3.23. The van der Waals surface area contributed by atoms with Gasteiger partial charge in [0.05, 0.1) is 0 Å². The van der Waals surface area contributed by atoms with Crippen LogP contribution < -0.4 is 15.4 Å². The lowest BCUT2D eigenvalue weighted by molar-refractivity contribution is -0.132. The molecule has 2 N–H and O–H groups in total. The molecule has 1 aromatic carbocycles. The lowest BCUT2D eigenvalue weighted by Gasteiger charge is -2.19. The fourth-order valence-corrected chi connectivity index (χ4v) is 4.39. The Bertz CT molecular complexity index is 660. The molecule has 1 saturated carbocycles. The van der Waals surface area contributed by atoms with Crippen LogP contribution >= 0.6 is 0 Å². The topological polar surface area (TPSA) is 75.9 Å². The molecule has 2 amide bonds. The van der Waals surface area contributed by atoms with Crippen molar-refractivity contribution >= 4 is 17.5 Å². The SMILES string of the molecule is NC1CCC2CN(C(=O)COc3ccc(N4CCCC4=O)cc3)CC12. The smallest absolute Gasteiger partial charge is 0.260 e. The average molecular weight is 343 g/mol. The molecular weight excluding hydrogens is 318 g/mol. The molecule has 6 heteroatoms. The molecule has 0 spiro atoms. The van der Waals surface area contributed by atoms with Crippen LogP contribution in [-0.4, -0.2) is 49.0 Å². The highest BCUT2D eigenvalue weighted by molar-refractivity contribution is 5.95. The molecule has 0 aromatic heterocycles. The third-order valence-electron chi connectivity index (χ3n) is 5.85. The van der Waals surface area contributed by atoms with E-state index in [9.17, 15) is 9.59 Å². The summed E-state index contributed by atoms with van der Waals surface area (Å²) in [6.07, 6.45) is 3.74. The number of fused-ring (bicyclic) bond motifs is 1. The number of hydrogen-bond donors (Lipinski definition) is 1. The number of carbonyl (C=O) groups excluding carboxylic acids is 2. The van der Waals surface area contributed by atoms with Crippen LogP contribution in [-0.2, 0) is 9.59 Å². The molecule has 3 unspecified atom stereocenters. The van der Waals surface area contributed by atoms with Crippen molar-refractivity contribution in [3.05, 3.63) is 24.3 Å². The Balaban J connectivity index is 1.29. The number of benzene rings is 1. The van der Waals surface area contributed by atoms with E-state index in [-0.39, 0.29) is 24.5 Å². The monoisotopic (exact) mass is 343 g/mol. The fourth-order valence-electron chi connectivity index (χ4n) is 4.39. The van der Waals surface area contributed by atoms with E-state index >= 15 is 0 Å². The Morgan fingerprint density at radius 2 is 2.00 bits per heavy atom. The van der Waals surface area contributed by atoms with E-state index in [1.807, 2.05) is 29.2 Å². The zero-order valence-corrected chi connectivity index (χ0v) is 14.4. The van der Waals surface area contributed by atoms with E-state index in [0.717, 1.165) is 44.6 Å². The van der Waals surface area contributed by atoms with Gasteiger partial charge in [-0.25, -0.2) is 0 Å². The molecule has 3 aliphatic rings. The van der Waals surface area contributed by atoms with Gasteiger partial charge in [0.25, 0.3) is 5.91 Å². The van der Waals surface area contributed by atoms with Crippen LogP contribution in [0, 0.1) is 11.8 Å². The number of nitrogens with zero attached hydrogens (tertiary/aromatic N) is 2. The predicted octanol–water partition coefficient (Wildman–Crippen LogP) is 1.39. The van der Waals surface area contributed by atoms with Crippen LogP contribution in [0.25, 0.3) is 0 Å². The summed E-state index contributed by atoms with van der Waals surface area (Å²) in [7, 11) is 0. The molecule has 2 saturated heterocycles. The zero-order valence-electron chi connectivity index (χ0n) is 14.4. The Kier molecular flexibility index (Phi) is 4.37. The van der Waals surface area contributed by atoms with E-state index in [4.69, 9.17) is 10.5 Å². The van der Waals surface area contributed by atoms with E-state index in [0.29, 0.717) is 24.0 Å². The summed E-state index contributed by atoms with van der Waals surface area (Å²) in [6.45, 7) is 2.41. The summed E-state index contributed by atoms with van der Waals surface area (Å²) in [4.78, 5) is 27.8. The number of rotatable bonds is 4. The lowest BCUT2D eigenvalue weighted by Crippen LogP contribution is -2.36. The molecule has 1 aliphatic carbocycles. The van der Waals surface area contributed by atoms with Crippen LogP contribution in [0.15, 0.2) is 24.3 Å². The molecule has 25 heavy (non-hydrogen) atoms. The van der Waals surface area contributed by atoms with Crippen LogP contribution in [0.5, 0.6) is 5.75 Å². The Morgan fingerprint density at radius 3 is 2.68 bits per heavy atom. The van der Waals surface area contributed by atoms with Gasteiger partial charge < -0.3 is 20.3 Å². The fraction of sp³-hybridized carbons (Fsp3) is 0.579. The second-order valence-corrected chi connectivity index (χ2v) is 7.40. The molecule has 0 bridgehead atoms. The highest BCUT2D eigenvalue weighted by Crippen LogP contribution is 2.37. The number of hydrogen-bond acceptors (Lipinski definition) is 4. The molecular formula is C19H25N3O3. The predicted molar refractivity (Wildman–Crippen MR) is 94.3 cm³/mol. The van der Waals surface area contributed by atoms with Crippen molar-refractivity contribution in [1.29, 1.82) is 0 Å². The van der Waals surface area contributed by atoms with Gasteiger partial charge in [0.15, 0.2) is 6.61 Å². The molecule has 1 aromatic rings. The summed E-state index contributed by atoms with van der Waals surface area (Å²) in [5, 5.41) is 0. The van der Waals surface area contributed by atoms with Gasteiger partial charge in [0.2, 0.25) is 5.91 Å². The number of likely N-dealkylation sites (tertiary alicyclic amines) is 1. The second kappa shape index (κ2) is 6.67. The van der Waals surface area contributed by atoms with Gasteiger partial charge >= 0.3 is 0 Å². The second-order valence-electron chi connectivity index (χ2n) is 7.40. The lowest BCUT2D eigenvalue weighted by atomic mass is 9.98. The molecule has 3 fully saturated rings. The van der Waals surface area contributed by atoms with E-state index < -0.39 is 0 Å². The number of nitrogens with two attached hydrogens (primary N) is 1. The maximum atomic E-state index is 12.4. The van der Waals surface area contributed by atoms with Crippen LogP contribution in [0.1, 0.15) is 25.7 Å². The number of ether oxygens (including phenoxy) is 1. The average Bonchev–Trinajstić information content (AvgIpc) is 3.31. The van der Waals surface area contributed by atoms with Gasteiger partial charge in [-0.1, -0.05) is 0 Å². The summed E-state index contributed by atoms with van der Waals surface area (Å²) < 4.78 is 5.65. The highest BCUT2D eigenvalue weighted by Gasteiger charge is 2.42. The maximum absolute atomic E-state index is 12.4. The number of anilines is 1. The quantitative estimate of drug-likeness (QED) is 0.896. The molecule has 4 rings (SSSR count). The molecule has 2 aliphatic heterocycles. The van der Waals surface area contributed by atoms with Crippen molar-refractivity contribution in [1.82, 2.24) is 4.90 Å². The van der Waals surface area contributed by atoms with Gasteiger partial charge in [-0.2, -0.15) is 0 Å². The molecule has 6 nitrogen and oxygen atoms in total. The third-order valence-corrected chi connectivity index (χ3v) is 5.85. The minimum absolute atomic E-state index is 0.0281. The van der Waals surface area contributed by atoms with Gasteiger partial charge in [0.1, 0.15) is 5.75 Å². The molecule has 3 atom stereocenters. The Hall–Kier alpha value is -2.08. The van der Waals surface area contributed by atoms with E-state index in [2.05, 4.69) is 0 Å². The minimum Gasteiger partial charge on any atom is -0.484 e. The van der Waals surface area contributed by atoms with Crippen LogP contribution in [0.3, 0.4) is 0 Å².